The van der Waals surface area contributed by atoms with Crippen molar-refractivity contribution in [3.05, 3.63) is 71.6 Å². The largest absolute Gasteiger partial charge is 0.497 e. The van der Waals surface area contributed by atoms with Gasteiger partial charge >= 0.3 is 0 Å². The van der Waals surface area contributed by atoms with Crippen molar-refractivity contribution in [2.45, 2.75) is 37.1 Å². The number of nitrogens with zero attached hydrogens (tertiary/aromatic N) is 1. The van der Waals surface area contributed by atoms with Crippen LogP contribution < -0.4 is 21.1 Å². The molecule has 1 heterocycles. The summed E-state index contributed by atoms with van der Waals surface area (Å²) in [6.45, 7) is 0. The number of nitrogens with two attached hydrogens (primary N) is 1. The minimum absolute atomic E-state index is 0.116. The van der Waals surface area contributed by atoms with E-state index in [0.29, 0.717) is 5.75 Å². The zero-order valence-electron chi connectivity index (χ0n) is 18.0. The molecule has 0 fully saturated rings. The Morgan fingerprint density at radius 3 is 2.52 bits per heavy atom. The molecular weight excluding hydrogens is 428 g/mol. The summed E-state index contributed by atoms with van der Waals surface area (Å²) in [5, 5.41) is 25.7. The Balaban J connectivity index is 1.72. The lowest BCUT2D eigenvalue weighted by Crippen LogP contribution is -2.52. The van der Waals surface area contributed by atoms with Gasteiger partial charge in [0.2, 0.25) is 11.8 Å². The number of ether oxygens (including phenoxy) is 1. The number of aliphatic hydroxyl groups excluding tert-OH is 2. The molecule has 33 heavy (non-hydrogen) atoms. The van der Waals surface area contributed by atoms with Crippen LogP contribution >= 0.6 is 0 Å². The van der Waals surface area contributed by atoms with Gasteiger partial charge in [-0.15, -0.1) is 0 Å². The van der Waals surface area contributed by atoms with E-state index in [-0.39, 0.29) is 24.0 Å². The summed E-state index contributed by atoms with van der Waals surface area (Å²) in [6, 6.07) is 8.08. The van der Waals surface area contributed by atoms with Crippen molar-refractivity contribution in [3.8, 4) is 5.75 Å². The molecular formula is C23H26N4O6. The number of pyridine rings is 1. The molecule has 10 heteroatoms. The van der Waals surface area contributed by atoms with Gasteiger partial charge in [-0.1, -0.05) is 18.2 Å². The Hall–Kier alpha value is -3.76. The molecule has 4 atom stereocenters. The zero-order chi connectivity index (χ0) is 24.0. The second-order valence-electron chi connectivity index (χ2n) is 7.68. The number of amides is 3. The number of aliphatic hydroxyl groups is 2. The summed E-state index contributed by atoms with van der Waals surface area (Å²) >= 11 is 0. The summed E-state index contributed by atoms with van der Waals surface area (Å²) in [5.41, 5.74) is 6.61. The van der Waals surface area contributed by atoms with Crippen LogP contribution in [0, 0.1) is 0 Å². The predicted octanol–water partition coefficient (Wildman–Crippen LogP) is -0.547. The molecule has 0 saturated carbocycles. The van der Waals surface area contributed by atoms with Crippen molar-refractivity contribution in [1.29, 1.82) is 0 Å². The average molecular weight is 454 g/mol. The maximum atomic E-state index is 12.8. The summed E-state index contributed by atoms with van der Waals surface area (Å²) in [7, 11) is 1.54. The minimum Gasteiger partial charge on any atom is -0.497 e. The van der Waals surface area contributed by atoms with Crippen LogP contribution in [-0.4, -0.2) is 64.3 Å². The van der Waals surface area contributed by atoms with Crippen LogP contribution in [0.4, 0.5) is 0 Å². The number of nitrogens with one attached hydrogen (secondary N) is 2. The summed E-state index contributed by atoms with van der Waals surface area (Å²) < 4.78 is 5.10. The molecule has 10 nitrogen and oxygen atoms in total. The number of hydrogen-bond acceptors (Lipinski definition) is 7. The van der Waals surface area contributed by atoms with Crippen molar-refractivity contribution in [3.63, 3.8) is 0 Å². The molecule has 0 radical (unpaired) electrons. The molecule has 0 saturated heterocycles. The maximum Gasteiger partial charge on any atom is 0.253 e. The Kier molecular flexibility index (Phi) is 7.75. The normalized spacial score (nSPS) is 20.8. The molecule has 2 aromatic rings. The van der Waals surface area contributed by atoms with Gasteiger partial charge in [-0.3, -0.25) is 19.4 Å². The van der Waals surface area contributed by atoms with E-state index in [1.54, 1.807) is 36.4 Å². The van der Waals surface area contributed by atoms with Crippen LogP contribution in [0.1, 0.15) is 22.3 Å². The average Bonchev–Trinajstić information content (AvgIpc) is 2.82. The van der Waals surface area contributed by atoms with E-state index in [2.05, 4.69) is 15.6 Å². The number of carbonyl (C=O) groups is 3. The highest BCUT2D eigenvalue weighted by atomic mass is 16.5. The van der Waals surface area contributed by atoms with Gasteiger partial charge in [0.15, 0.2) is 0 Å². The van der Waals surface area contributed by atoms with Crippen molar-refractivity contribution >= 4 is 17.7 Å². The fourth-order valence-electron chi connectivity index (χ4n) is 3.47. The highest BCUT2D eigenvalue weighted by Crippen LogP contribution is 2.21. The number of rotatable bonds is 8. The standard InChI is InChI=1S/C23H26N4O6/c1-33-16-6-4-13(5-7-16)9-18(21(24)30)27-23(32)15-10-17(20(29)19(28)11-15)26-22(31)14-3-2-8-25-12-14/h2-8,10,12,17-20,28-29H,9,11H2,1H3,(H2,24,30)(H,26,31)(H,27,32). The second kappa shape index (κ2) is 10.7. The van der Waals surface area contributed by atoms with Crippen molar-refractivity contribution in [1.82, 2.24) is 15.6 Å². The smallest absolute Gasteiger partial charge is 0.253 e. The van der Waals surface area contributed by atoms with Gasteiger partial charge < -0.3 is 31.3 Å². The Morgan fingerprint density at radius 1 is 1.18 bits per heavy atom. The third-order valence-corrected chi connectivity index (χ3v) is 5.33. The van der Waals surface area contributed by atoms with Gasteiger partial charge in [0.1, 0.15) is 17.9 Å². The minimum atomic E-state index is -1.31. The molecule has 174 valence electrons. The lowest BCUT2D eigenvalue weighted by molar-refractivity contribution is -0.125. The van der Waals surface area contributed by atoms with E-state index in [1.807, 2.05) is 0 Å². The maximum absolute atomic E-state index is 12.8. The molecule has 1 aliphatic carbocycles. The first-order chi connectivity index (χ1) is 15.8. The predicted molar refractivity (Wildman–Crippen MR) is 118 cm³/mol. The van der Waals surface area contributed by atoms with Gasteiger partial charge in [0.05, 0.1) is 24.8 Å². The molecule has 1 aromatic carbocycles. The van der Waals surface area contributed by atoms with Crippen LogP contribution in [-0.2, 0) is 16.0 Å². The van der Waals surface area contributed by atoms with Crippen molar-refractivity contribution in [2.75, 3.05) is 7.11 Å². The third-order valence-electron chi connectivity index (χ3n) is 5.33. The summed E-state index contributed by atoms with van der Waals surface area (Å²) in [6.07, 6.45) is 1.64. The molecule has 1 aliphatic rings. The van der Waals surface area contributed by atoms with E-state index in [4.69, 9.17) is 10.5 Å². The monoisotopic (exact) mass is 454 g/mol. The highest BCUT2D eigenvalue weighted by molar-refractivity contribution is 5.98. The summed E-state index contributed by atoms with van der Waals surface area (Å²) in [5.74, 6) is -1.22. The quantitative estimate of drug-likeness (QED) is 0.357. The van der Waals surface area contributed by atoms with Crippen molar-refractivity contribution < 1.29 is 29.3 Å². The van der Waals surface area contributed by atoms with Gasteiger partial charge in [-0.05, 0) is 29.8 Å². The number of methoxy groups -OCH3 is 1. The third kappa shape index (κ3) is 6.15. The van der Waals surface area contributed by atoms with Crippen LogP contribution in [0.15, 0.2) is 60.4 Å². The number of benzene rings is 1. The zero-order valence-corrected chi connectivity index (χ0v) is 18.0. The lowest BCUT2D eigenvalue weighted by Gasteiger charge is -2.31. The molecule has 4 unspecified atom stereocenters. The van der Waals surface area contributed by atoms with Crippen LogP contribution in [0.3, 0.4) is 0 Å². The van der Waals surface area contributed by atoms with E-state index >= 15 is 0 Å². The molecule has 0 aliphatic heterocycles. The Bertz CT molecular complexity index is 1030. The molecule has 6 N–H and O–H groups in total. The second-order valence-corrected chi connectivity index (χ2v) is 7.68. The van der Waals surface area contributed by atoms with Crippen LogP contribution in [0.25, 0.3) is 0 Å². The first kappa shape index (κ1) is 23.9. The molecule has 3 rings (SSSR count). The van der Waals surface area contributed by atoms with Crippen LogP contribution in [0.2, 0.25) is 0 Å². The number of primary amides is 1. The molecule has 1 aromatic heterocycles. The Labute approximate surface area is 190 Å². The fraction of sp³-hybridized carbons (Fsp3) is 0.304. The van der Waals surface area contributed by atoms with Gasteiger partial charge in [-0.25, -0.2) is 0 Å². The first-order valence-corrected chi connectivity index (χ1v) is 10.3. The number of aromatic nitrogens is 1. The van der Waals surface area contributed by atoms with E-state index < -0.39 is 42.0 Å². The fourth-order valence-corrected chi connectivity index (χ4v) is 3.47. The van der Waals surface area contributed by atoms with Crippen LogP contribution in [0.5, 0.6) is 5.75 Å². The van der Waals surface area contributed by atoms with E-state index in [0.717, 1.165) is 5.56 Å². The van der Waals surface area contributed by atoms with Crippen molar-refractivity contribution in [2.24, 2.45) is 5.73 Å². The SMILES string of the molecule is COc1ccc(CC(NC(=O)C2=CC(NC(=O)c3cccnc3)C(O)C(O)C2)C(N)=O)cc1. The lowest BCUT2D eigenvalue weighted by atomic mass is 9.89. The molecule has 3 amide bonds. The van der Waals surface area contributed by atoms with Gasteiger partial charge in [-0.2, -0.15) is 0 Å². The van der Waals surface area contributed by atoms with E-state index in [9.17, 15) is 24.6 Å². The molecule has 0 spiro atoms. The highest BCUT2D eigenvalue weighted by Gasteiger charge is 2.34. The van der Waals surface area contributed by atoms with E-state index in [1.165, 1.54) is 25.6 Å². The summed E-state index contributed by atoms with van der Waals surface area (Å²) in [4.78, 5) is 41.1. The van der Waals surface area contributed by atoms with Gasteiger partial charge in [0.25, 0.3) is 5.91 Å². The first-order valence-electron chi connectivity index (χ1n) is 10.3. The number of carbonyl (C=O) groups excluding carboxylic acids is 3. The molecule has 0 bridgehead atoms. The topological polar surface area (TPSA) is 164 Å². The number of hydrogen-bond donors (Lipinski definition) is 5. The Morgan fingerprint density at radius 2 is 1.91 bits per heavy atom. The van der Waals surface area contributed by atoms with Gasteiger partial charge in [0, 0.05) is 30.8 Å².